The lowest BCUT2D eigenvalue weighted by atomic mass is 9.32. The van der Waals surface area contributed by atoms with Crippen LogP contribution in [0.3, 0.4) is 0 Å². The fraction of sp³-hybridized carbons (Fsp3) is 0.808. The van der Waals surface area contributed by atoms with E-state index < -0.39 is 22.2 Å². The first kappa shape index (κ1) is 22.7. The van der Waals surface area contributed by atoms with Gasteiger partial charge in [0.2, 0.25) is 0 Å². The zero-order valence-corrected chi connectivity index (χ0v) is 20.3. The van der Waals surface area contributed by atoms with E-state index in [4.69, 9.17) is 4.74 Å². The van der Waals surface area contributed by atoms with Gasteiger partial charge in [-0.25, -0.2) is 4.79 Å². The number of esters is 1. The van der Waals surface area contributed by atoms with Crippen LogP contribution in [0.4, 0.5) is 0 Å². The molecule has 4 aliphatic carbocycles. The van der Waals surface area contributed by atoms with Crippen LogP contribution in [0.25, 0.3) is 0 Å². The van der Waals surface area contributed by atoms with Gasteiger partial charge >= 0.3 is 5.97 Å². The van der Waals surface area contributed by atoms with Gasteiger partial charge in [0.25, 0.3) is 0 Å². The number of hydrogen-bond acceptors (Lipinski definition) is 5. The smallest absolute Gasteiger partial charge is 0.341 e. The third kappa shape index (κ3) is 2.34. The van der Waals surface area contributed by atoms with Crippen molar-refractivity contribution in [3.05, 3.63) is 11.1 Å². The van der Waals surface area contributed by atoms with Crippen molar-refractivity contribution in [1.82, 2.24) is 0 Å². The maximum atomic E-state index is 14.0. The fourth-order valence-corrected chi connectivity index (χ4v) is 8.64. The molecule has 31 heavy (non-hydrogen) atoms. The average Bonchev–Trinajstić information content (AvgIpc) is 2.70. The molecule has 5 heteroatoms. The summed E-state index contributed by atoms with van der Waals surface area (Å²) in [5.74, 6) is -0.551. The van der Waals surface area contributed by atoms with Gasteiger partial charge in [-0.05, 0) is 86.5 Å². The topological polar surface area (TPSA) is 80.7 Å². The number of carbonyl (C=O) groups excluding carboxylic acids is 3. The summed E-state index contributed by atoms with van der Waals surface area (Å²) in [4.78, 5) is 40.5. The summed E-state index contributed by atoms with van der Waals surface area (Å²) < 4.78 is 4.98. The Morgan fingerprint density at radius 1 is 1.00 bits per heavy atom. The third-order valence-corrected chi connectivity index (χ3v) is 11.0. The number of ether oxygens (including phenoxy) is 1. The second kappa shape index (κ2) is 6.30. The van der Waals surface area contributed by atoms with Gasteiger partial charge in [0.15, 0.2) is 11.6 Å². The zero-order chi connectivity index (χ0) is 23.4. The highest BCUT2D eigenvalue weighted by Gasteiger charge is 2.75. The van der Waals surface area contributed by atoms with Crippen LogP contribution in [0.1, 0.15) is 80.6 Å². The first-order chi connectivity index (χ1) is 14.1. The van der Waals surface area contributed by atoms with Crippen molar-refractivity contribution in [1.29, 1.82) is 0 Å². The van der Waals surface area contributed by atoms with Crippen LogP contribution < -0.4 is 0 Å². The normalized spacial score (nSPS) is 48.7. The van der Waals surface area contributed by atoms with Crippen LogP contribution in [-0.2, 0) is 19.1 Å². The second-order valence-electron chi connectivity index (χ2n) is 12.3. The number of carbonyl (C=O) groups is 3. The minimum atomic E-state index is -1.25. The molecule has 3 saturated carbocycles. The monoisotopic (exact) mass is 430 g/mol. The predicted octanol–water partition coefficient (Wildman–Crippen LogP) is 4.26. The number of hydrogen-bond donors (Lipinski definition) is 1. The molecule has 0 aliphatic heterocycles. The Labute approximate surface area is 186 Å². The lowest BCUT2D eigenvalue weighted by Crippen LogP contribution is -2.71. The van der Waals surface area contributed by atoms with E-state index >= 15 is 0 Å². The number of aliphatic hydroxyl groups is 1. The maximum Gasteiger partial charge on any atom is 0.341 e. The van der Waals surface area contributed by atoms with E-state index in [1.807, 2.05) is 6.92 Å². The standard InChI is InChI=1S/C26H38O5/c1-14-18(20(29)31-8)19(28)26(7)21(30)24(14,5)13-16-23(4)11-10-17(27)22(2,3)15(23)9-12-25(16,26)6/h15-17,27H,9-13H2,1-8H3/t15-,16+,17+,23-,24+,25+,26-/m0/s1. The van der Waals surface area contributed by atoms with Crippen LogP contribution in [0, 0.1) is 38.9 Å². The Morgan fingerprint density at radius 2 is 1.61 bits per heavy atom. The largest absolute Gasteiger partial charge is 0.465 e. The van der Waals surface area contributed by atoms with Crippen LogP contribution in [0.2, 0.25) is 0 Å². The number of Topliss-reactive ketones (excluding diaryl/α,β-unsaturated/α-hetero) is 2. The molecule has 0 unspecified atom stereocenters. The van der Waals surface area contributed by atoms with E-state index in [1.165, 1.54) is 7.11 Å². The summed E-state index contributed by atoms with van der Waals surface area (Å²) >= 11 is 0. The molecule has 0 aromatic carbocycles. The molecule has 0 saturated heterocycles. The molecule has 3 fully saturated rings. The fourth-order valence-electron chi connectivity index (χ4n) is 8.64. The van der Waals surface area contributed by atoms with Crippen LogP contribution >= 0.6 is 0 Å². The quantitative estimate of drug-likeness (QED) is 0.382. The van der Waals surface area contributed by atoms with Gasteiger partial charge in [-0.3, -0.25) is 9.59 Å². The van der Waals surface area contributed by atoms with E-state index in [0.29, 0.717) is 17.9 Å². The number of ketones is 2. The molecule has 1 N–H and O–H groups in total. The molecule has 2 bridgehead atoms. The van der Waals surface area contributed by atoms with Gasteiger partial charge in [-0.2, -0.15) is 0 Å². The summed E-state index contributed by atoms with van der Waals surface area (Å²) in [5, 5.41) is 10.8. The highest BCUT2D eigenvalue weighted by atomic mass is 16.5. The van der Waals surface area contributed by atoms with Gasteiger partial charge in [-0.15, -0.1) is 0 Å². The molecule has 0 aromatic rings. The summed E-state index contributed by atoms with van der Waals surface area (Å²) in [6.07, 6.45) is 3.55. The molecule has 0 radical (unpaired) electrons. The number of fused-ring (bicyclic) bond motifs is 6. The van der Waals surface area contributed by atoms with E-state index in [0.717, 1.165) is 25.7 Å². The summed E-state index contributed by atoms with van der Waals surface area (Å²) in [7, 11) is 1.29. The Hall–Kier alpha value is -1.49. The molecule has 4 rings (SSSR count). The number of allylic oxidation sites excluding steroid dienone is 1. The zero-order valence-electron chi connectivity index (χ0n) is 20.3. The Kier molecular flexibility index (Phi) is 4.61. The van der Waals surface area contributed by atoms with Crippen molar-refractivity contribution in [2.75, 3.05) is 7.11 Å². The Bertz CT molecular complexity index is 915. The van der Waals surface area contributed by atoms with Crippen molar-refractivity contribution in [3.8, 4) is 0 Å². The average molecular weight is 431 g/mol. The van der Waals surface area contributed by atoms with Crippen molar-refractivity contribution in [2.24, 2.45) is 38.9 Å². The molecular formula is C26H38O5. The first-order valence-corrected chi connectivity index (χ1v) is 11.7. The third-order valence-electron chi connectivity index (χ3n) is 11.0. The molecule has 0 spiro atoms. The van der Waals surface area contributed by atoms with Gasteiger partial charge in [0.05, 0.1) is 18.6 Å². The van der Waals surface area contributed by atoms with Gasteiger partial charge in [0.1, 0.15) is 5.57 Å². The van der Waals surface area contributed by atoms with Gasteiger partial charge < -0.3 is 9.84 Å². The number of methoxy groups -OCH3 is 1. The Balaban J connectivity index is 1.95. The molecule has 7 atom stereocenters. The van der Waals surface area contributed by atoms with Crippen molar-refractivity contribution in [2.45, 2.75) is 86.7 Å². The van der Waals surface area contributed by atoms with Crippen LogP contribution in [-0.4, -0.2) is 35.9 Å². The van der Waals surface area contributed by atoms with Crippen molar-refractivity contribution >= 4 is 17.5 Å². The van der Waals surface area contributed by atoms with Crippen molar-refractivity contribution in [3.63, 3.8) is 0 Å². The minimum Gasteiger partial charge on any atom is -0.465 e. The molecule has 172 valence electrons. The summed E-state index contributed by atoms with van der Waals surface area (Å²) in [6, 6.07) is 0. The molecule has 0 amide bonds. The van der Waals surface area contributed by atoms with Crippen LogP contribution in [0.15, 0.2) is 11.1 Å². The maximum absolute atomic E-state index is 14.0. The first-order valence-electron chi connectivity index (χ1n) is 11.7. The van der Waals surface area contributed by atoms with E-state index in [2.05, 4.69) is 27.7 Å². The number of rotatable bonds is 1. The van der Waals surface area contributed by atoms with E-state index in [1.54, 1.807) is 13.8 Å². The SMILES string of the molecule is COC(=O)C1=C(C)[C@@]2(C)C[C@@H]3[C@@]4(C)CC[C@@H](O)C(C)(C)[C@@H]4CC[C@@]3(C)[C@@](C)(C1=O)C2=O. The van der Waals surface area contributed by atoms with Gasteiger partial charge in [0, 0.05) is 5.41 Å². The minimum absolute atomic E-state index is 0.0361. The molecule has 4 aliphatic rings. The summed E-state index contributed by atoms with van der Waals surface area (Å²) in [6.45, 7) is 14.3. The van der Waals surface area contributed by atoms with Crippen molar-refractivity contribution < 1.29 is 24.2 Å². The highest BCUT2D eigenvalue weighted by Crippen LogP contribution is 2.74. The molecule has 0 aromatic heterocycles. The van der Waals surface area contributed by atoms with E-state index in [9.17, 15) is 19.5 Å². The molecular weight excluding hydrogens is 392 g/mol. The molecule has 5 nitrogen and oxygen atoms in total. The lowest BCUT2D eigenvalue weighted by Gasteiger charge is -2.70. The van der Waals surface area contributed by atoms with Gasteiger partial charge in [-0.1, -0.05) is 27.7 Å². The highest BCUT2D eigenvalue weighted by molar-refractivity contribution is 6.30. The second-order valence-corrected chi connectivity index (χ2v) is 12.3. The predicted molar refractivity (Wildman–Crippen MR) is 117 cm³/mol. The number of aliphatic hydroxyl groups excluding tert-OH is 1. The molecule has 0 heterocycles. The lowest BCUT2D eigenvalue weighted by molar-refractivity contribution is -0.220. The Morgan fingerprint density at radius 3 is 2.19 bits per heavy atom. The summed E-state index contributed by atoms with van der Waals surface area (Å²) in [5.41, 5.74) is -2.29. The van der Waals surface area contributed by atoms with Crippen LogP contribution in [0.5, 0.6) is 0 Å². The van der Waals surface area contributed by atoms with E-state index in [-0.39, 0.29) is 40.0 Å².